The average molecular weight is 430 g/mol. The molecule has 0 atom stereocenters. The number of benzene rings is 3. The van der Waals surface area contributed by atoms with E-state index < -0.39 is 5.63 Å². The molecule has 3 aromatic carbocycles. The van der Waals surface area contributed by atoms with E-state index in [-0.39, 0.29) is 11.0 Å². The zero-order valence-electron chi connectivity index (χ0n) is 16.5. The van der Waals surface area contributed by atoms with E-state index in [1.54, 1.807) is 54.6 Å². The number of ether oxygens (including phenoxy) is 1. The molecule has 7 heteroatoms. The molecule has 1 amide bonds. The van der Waals surface area contributed by atoms with Crippen molar-refractivity contribution in [2.45, 2.75) is 0 Å². The number of rotatable bonds is 4. The number of thiocarbonyl (C=S) groups is 1. The molecule has 4 aromatic rings. The number of amides is 1. The Balaban J connectivity index is 1.57. The fourth-order valence-corrected chi connectivity index (χ4v) is 3.38. The first-order valence-electron chi connectivity index (χ1n) is 9.44. The Morgan fingerprint density at radius 3 is 2.45 bits per heavy atom. The van der Waals surface area contributed by atoms with E-state index in [4.69, 9.17) is 21.4 Å². The highest BCUT2D eigenvalue weighted by Crippen LogP contribution is 2.32. The lowest BCUT2D eigenvalue weighted by Crippen LogP contribution is -2.34. The molecule has 0 aliphatic carbocycles. The highest BCUT2D eigenvalue weighted by Gasteiger charge is 2.14. The first-order chi connectivity index (χ1) is 15.0. The molecule has 2 N–H and O–H groups in total. The molecule has 0 bridgehead atoms. The molecule has 1 heterocycles. The van der Waals surface area contributed by atoms with Crippen LogP contribution >= 0.6 is 12.2 Å². The van der Waals surface area contributed by atoms with Crippen LogP contribution in [-0.2, 0) is 0 Å². The monoisotopic (exact) mass is 430 g/mol. The third kappa shape index (κ3) is 4.46. The van der Waals surface area contributed by atoms with Gasteiger partial charge in [-0.05, 0) is 48.6 Å². The summed E-state index contributed by atoms with van der Waals surface area (Å²) in [5, 5.41) is 6.55. The van der Waals surface area contributed by atoms with Crippen molar-refractivity contribution in [1.82, 2.24) is 5.32 Å². The van der Waals surface area contributed by atoms with Crippen molar-refractivity contribution in [3.05, 3.63) is 94.8 Å². The summed E-state index contributed by atoms with van der Waals surface area (Å²) >= 11 is 5.24. The van der Waals surface area contributed by atoms with Gasteiger partial charge in [0.15, 0.2) is 5.11 Å². The first-order valence-corrected chi connectivity index (χ1v) is 9.84. The number of para-hydroxylation sites is 1. The minimum atomic E-state index is -0.455. The van der Waals surface area contributed by atoms with E-state index >= 15 is 0 Å². The van der Waals surface area contributed by atoms with Crippen LogP contribution in [0.3, 0.4) is 0 Å². The van der Waals surface area contributed by atoms with Crippen LogP contribution in [0, 0.1) is 0 Å². The van der Waals surface area contributed by atoms with E-state index in [1.807, 2.05) is 24.3 Å². The molecule has 6 nitrogen and oxygen atoms in total. The third-order valence-corrected chi connectivity index (χ3v) is 4.86. The predicted octanol–water partition coefficient (Wildman–Crippen LogP) is 4.60. The van der Waals surface area contributed by atoms with Gasteiger partial charge >= 0.3 is 5.63 Å². The standard InChI is InChI=1S/C24H18N2O4S/c1-29-21-14-17(25-24(31)26-22(27)15-7-3-2-4-8-15)11-12-18(21)19-13-16-9-5-6-10-20(16)30-23(19)28/h2-14H,1H3,(H2,25,26,27,31). The van der Waals surface area contributed by atoms with Gasteiger partial charge in [-0.2, -0.15) is 0 Å². The zero-order chi connectivity index (χ0) is 21.8. The van der Waals surface area contributed by atoms with Crippen LogP contribution in [0.15, 0.2) is 88.1 Å². The van der Waals surface area contributed by atoms with Crippen LogP contribution in [0.4, 0.5) is 5.69 Å². The van der Waals surface area contributed by atoms with Gasteiger partial charge in [0.05, 0.1) is 12.7 Å². The third-order valence-electron chi connectivity index (χ3n) is 4.65. The zero-order valence-corrected chi connectivity index (χ0v) is 17.4. The molecular weight excluding hydrogens is 412 g/mol. The van der Waals surface area contributed by atoms with Crippen molar-refractivity contribution >= 4 is 39.9 Å². The van der Waals surface area contributed by atoms with Gasteiger partial charge in [-0.15, -0.1) is 0 Å². The summed E-state index contributed by atoms with van der Waals surface area (Å²) in [5.74, 6) is 0.153. The highest BCUT2D eigenvalue weighted by molar-refractivity contribution is 7.80. The van der Waals surface area contributed by atoms with Gasteiger partial charge < -0.3 is 14.5 Å². The van der Waals surface area contributed by atoms with Crippen molar-refractivity contribution in [1.29, 1.82) is 0 Å². The number of carbonyl (C=O) groups is 1. The second-order valence-corrected chi connectivity index (χ2v) is 7.08. The van der Waals surface area contributed by atoms with Crippen LogP contribution < -0.4 is 21.0 Å². The molecule has 0 unspecified atom stereocenters. The molecule has 0 aliphatic rings. The summed E-state index contributed by atoms with van der Waals surface area (Å²) in [6.45, 7) is 0. The molecule has 154 valence electrons. The van der Waals surface area contributed by atoms with E-state index in [0.29, 0.717) is 33.7 Å². The number of nitrogens with one attached hydrogen (secondary N) is 2. The molecule has 0 fully saturated rings. The van der Waals surface area contributed by atoms with Crippen molar-refractivity contribution in [2.75, 3.05) is 12.4 Å². The van der Waals surface area contributed by atoms with Crippen LogP contribution in [0.5, 0.6) is 5.75 Å². The second kappa shape index (κ2) is 8.81. The Morgan fingerprint density at radius 2 is 1.68 bits per heavy atom. The topological polar surface area (TPSA) is 80.6 Å². The lowest BCUT2D eigenvalue weighted by Gasteiger charge is -2.13. The van der Waals surface area contributed by atoms with E-state index in [0.717, 1.165) is 5.39 Å². The largest absolute Gasteiger partial charge is 0.496 e. The highest BCUT2D eigenvalue weighted by atomic mass is 32.1. The molecule has 31 heavy (non-hydrogen) atoms. The lowest BCUT2D eigenvalue weighted by molar-refractivity contribution is 0.0977. The number of hydrogen-bond acceptors (Lipinski definition) is 5. The molecule has 1 aromatic heterocycles. The van der Waals surface area contributed by atoms with E-state index in [1.165, 1.54) is 7.11 Å². The van der Waals surface area contributed by atoms with Crippen LogP contribution in [0.2, 0.25) is 0 Å². The number of hydrogen-bond donors (Lipinski definition) is 2. The maximum Gasteiger partial charge on any atom is 0.344 e. The second-order valence-electron chi connectivity index (χ2n) is 6.67. The molecule has 0 spiro atoms. The normalized spacial score (nSPS) is 10.5. The first kappa shape index (κ1) is 20.3. The van der Waals surface area contributed by atoms with Crippen molar-refractivity contribution in [3.63, 3.8) is 0 Å². The van der Waals surface area contributed by atoms with Crippen LogP contribution in [0.1, 0.15) is 10.4 Å². The summed E-state index contributed by atoms with van der Waals surface area (Å²) in [6.07, 6.45) is 0. The van der Waals surface area contributed by atoms with Gasteiger partial charge in [-0.3, -0.25) is 10.1 Å². The number of fused-ring (bicyclic) bond motifs is 1. The average Bonchev–Trinajstić information content (AvgIpc) is 2.79. The summed E-state index contributed by atoms with van der Waals surface area (Å²) in [5.41, 5.74) is 2.15. The van der Waals surface area contributed by atoms with Gasteiger partial charge in [0, 0.05) is 28.3 Å². The SMILES string of the molecule is COc1cc(NC(=S)NC(=O)c2ccccc2)ccc1-c1cc2ccccc2oc1=O. The van der Waals surface area contributed by atoms with Gasteiger partial charge in [0.1, 0.15) is 11.3 Å². The van der Waals surface area contributed by atoms with E-state index in [9.17, 15) is 9.59 Å². The van der Waals surface area contributed by atoms with Crippen molar-refractivity contribution in [2.24, 2.45) is 0 Å². The Kier molecular flexibility index (Phi) is 5.77. The van der Waals surface area contributed by atoms with E-state index in [2.05, 4.69) is 10.6 Å². The maximum atomic E-state index is 12.5. The Morgan fingerprint density at radius 1 is 0.935 bits per heavy atom. The lowest BCUT2D eigenvalue weighted by atomic mass is 10.0. The Hall–Kier alpha value is -3.97. The number of anilines is 1. The fourth-order valence-electron chi connectivity index (χ4n) is 3.17. The van der Waals surface area contributed by atoms with Gasteiger partial charge in [0.2, 0.25) is 0 Å². The number of methoxy groups -OCH3 is 1. The van der Waals surface area contributed by atoms with Gasteiger partial charge in [-0.1, -0.05) is 36.4 Å². The summed E-state index contributed by atoms with van der Waals surface area (Å²) in [7, 11) is 1.51. The minimum absolute atomic E-state index is 0.147. The number of carbonyl (C=O) groups excluding carboxylic acids is 1. The van der Waals surface area contributed by atoms with Crippen LogP contribution in [-0.4, -0.2) is 18.1 Å². The maximum absolute atomic E-state index is 12.5. The molecule has 4 rings (SSSR count). The molecular formula is C24H18N2O4S. The van der Waals surface area contributed by atoms with Crippen LogP contribution in [0.25, 0.3) is 22.1 Å². The summed E-state index contributed by atoms with van der Waals surface area (Å²) in [4.78, 5) is 24.8. The summed E-state index contributed by atoms with van der Waals surface area (Å²) < 4.78 is 10.9. The smallest absolute Gasteiger partial charge is 0.344 e. The summed E-state index contributed by atoms with van der Waals surface area (Å²) in [6, 6.07) is 23.0. The quantitative estimate of drug-likeness (QED) is 0.364. The minimum Gasteiger partial charge on any atom is -0.496 e. The molecule has 0 radical (unpaired) electrons. The van der Waals surface area contributed by atoms with Crippen molar-refractivity contribution in [3.8, 4) is 16.9 Å². The molecule has 0 aliphatic heterocycles. The fraction of sp³-hybridized carbons (Fsp3) is 0.0417. The van der Waals surface area contributed by atoms with Gasteiger partial charge in [-0.25, -0.2) is 4.79 Å². The predicted molar refractivity (Wildman–Crippen MR) is 125 cm³/mol. The van der Waals surface area contributed by atoms with Crippen molar-refractivity contribution < 1.29 is 13.9 Å². The Bertz CT molecular complexity index is 1330. The molecule has 0 saturated heterocycles. The Labute approximate surface area is 183 Å². The molecule has 0 saturated carbocycles. The van der Waals surface area contributed by atoms with Gasteiger partial charge in [0.25, 0.3) is 5.91 Å².